The molecule has 13 nitrogen and oxygen atoms in total. The van der Waals surface area contributed by atoms with Crippen LogP contribution in [0.2, 0.25) is 19.1 Å². The Balaban J connectivity index is 1.63. The predicted molar refractivity (Wildman–Crippen MR) is 180 cm³/mol. The standard InChI is InChI=1S/C35H40N4O9Si/c1-8-35(47-27(41)18-37-33(44)48-34(3,4)5)24-17-26-29-22(15-21-16-23(45-20(2)40)11-12-25(21)38-29)19-39(26)30(42)28(24)31(46-32(35)43)49(6,7)14-10-9-13-36/h11-12,15-17,31H,8-10,14,18-19H2,1-7H3,(H,37,44). The summed E-state index contributed by atoms with van der Waals surface area (Å²) in [6.07, 6.45) is 0.00671. The Labute approximate surface area is 284 Å². The van der Waals surface area contributed by atoms with Crippen molar-refractivity contribution in [2.75, 3.05) is 6.54 Å². The van der Waals surface area contributed by atoms with Crippen molar-refractivity contribution in [2.24, 2.45) is 0 Å². The van der Waals surface area contributed by atoms with Crippen LogP contribution in [-0.2, 0) is 40.7 Å². The highest BCUT2D eigenvalue weighted by molar-refractivity contribution is 6.78. The minimum Gasteiger partial charge on any atom is -0.458 e. The Kier molecular flexibility index (Phi) is 9.44. The summed E-state index contributed by atoms with van der Waals surface area (Å²) >= 11 is 0. The maximum Gasteiger partial charge on any atom is 0.408 e. The number of hydrogen-bond donors (Lipinski definition) is 1. The van der Waals surface area contributed by atoms with E-state index in [4.69, 9.17) is 29.2 Å². The van der Waals surface area contributed by atoms with Gasteiger partial charge in [-0.05, 0) is 63.9 Å². The van der Waals surface area contributed by atoms with Crippen LogP contribution in [0.1, 0.15) is 76.3 Å². The second-order valence-corrected chi connectivity index (χ2v) is 19.0. The lowest BCUT2D eigenvalue weighted by molar-refractivity contribution is -0.190. The number of fused-ring (bicyclic) bond motifs is 5. The fourth-order valence-electron chi connectivity index (χ4n) is 6.41. The van der Waals surface area contributed by atoms with Gasteiger partial charge in [0.1, 0.15) is 31.7 Å². The quantitative estimate of drug-likeness (QED) is 0.0807. The number of alkyl carbamates (subject to hydrolysis) is 1. The lowest BCUT2D eigenvalue weighted by Gasteiger charge is -2.43. The van der Waals surface area contributed by atoms with Crippen LogP contribution in [-0.4, -0.2) is 53.8 Å². The monoisotopic (exact) mass is 688 g/mol. The molecule has 4 heterocycles. The summed E-state index contributed by atoms with van der Waals surface area (Å²) in [5.41, 5.74) is -1.29. The fraction of sp³-hybridized carbons (Fsp3) is 0.457. The molecule has 2 aliphatic rings. The van der Waals surface area contributed by atoms with Crippen LogP contribution < -0.4 is 15.6 Å². The van der Waals surface area contributed by atoms with E-state index >= 15 is 0 Å². The third-order valence-corrected chi connectivity index (χ3v) is 12.1. The molecule has 49 heavy (non-hydrogen) atoms. The number of carbonyl (C=O) groups excluding carboxylic acids is 4. The van der Waals surface area contributed by atoms with Crippen LogP contribution in [0.25, 0.3) is 22.3 Å². The maximum absolute atomic E-state index is 14.6. The molecule has 1 N–H and O–H groups in total. The molecule has 3 aromatic rings. The Morgan fingerprint density at radius 1 is 1.18 bits per heavy atom. The molecule has 14 heteroatoms. The number of aromatic nitrogens is 2. The number of amides is 1. The molecular weight excluding hydrogens is 648 g/mol. The molecule has 2 unspecified atom stereocenters. The van der Waals surface area contributed by atoms with Gasteiger partial charge in [-0.1, -0.05) is 26.1 Å². The van der Waals surface area contributed by atoms with Crippen molar-refractivity contribution >= 4 is 43.0 Å². The van der Waals surface area contributed by atoms with Crippen molar-refractivity contribution in [3.8, 4) is 23.2 Å². The molecule has 2 atom stereocenters. The highest BCUT2D eigenvalue weighted by Crippen LogP contribution is 2.47. The summed E-state index contributed by atoms with van der Waals surface area (Å²) in [5, 5.41) is 12.2. The number of benzene rings is 1. The summed E-state index contributed by atoms with van der Waals surface area (Å²) in [5.74, 6) is -1.83. The zero-order valence-electron chi connectivity index (χ0n) is 28.7. The molecule has 2 aromatic heterocycles. The molecule has 0 fully saturated rings. The van der Waals surface area contributed by atoms with Gasteiger partial charge in [0.05, 0.1) is 35.1 Å². The van der Waals surface area contributed by atoms with Crippen LogP contribution in [0.5, 0.6) is 5.75 Å². The van der Waals surface area contributed by atoms with Gasteiger partial charge >= 0.3 is 24.0 Å². The lowest BCUT2D eigenvalue weighted by Crippen LogP contribution is -2.54. The van der Waals surface area contributed by atoms with E-state index in [0.717, 1.165) is 5.56 Å². The van der Waals surface area contributed by atoms with Crippen LogP contribution in [0.3, 0.4) is 0 Å². The third-order valence-electron chi connectivity index (χ3n) is 8.67. The zero-order valence-corrected chi connectivity index (χ0v) is 29.7. The van der Waals surface area contributed by atoms with Gasteiger partial charge in [0.15, 0.2) is 0 Å². The van der Waals surface area contributed by atoms with Gasteiger partial charge in [-0.25, -0.2) is 14.6 Å². The SMILES string of the molecule is CCC1(OC(=O)CNC(=O)OC(C)(C)C)C(=O)OC([Si](C)(C)CCCC#N)c2c1cc1n(c2=O)Cc2cc3cc(OC(C)=O)ccc3nc2-1. The average molecular weight is 689 g/mol. The van der Waals surface area contributed by atoms with E-state index < -0.39 is 61.1 Å². The number of pyridine rings is 2. The molecule has 0 spiro atoms. The Morgan fingerprint density at radius 3 is 2.57 bits per heavy atom. The maximum atomic E-state index is 14.6. The van der Waals surface area contributed by atoms with Gasteiger partial charge in [0.25, 0.3) is 5.56 Å². The Bertz CT molecular complexity index is 1970. The fourth-order valence-corrected chi connectivity index (χ4v) is 9.25. The number of esters is 3. The summed E-state index contributed by atoms with van der Waals surface area (Å²) in [6.45, 7) is 11.6. The molecule has 1 amide bonds. The van der Waals surface area contributed by atoms with E-state index in [-0.39, 0.29) is 24.1 Å². The first-order valence-electron chi connectivity index (χ1n) is 16.2. The van der Waals surface area contributed by atoms with E-state index in [1.165, 1.54) is 6.92 Å². The molecule has 0 aliphatic carbocycles. The topological polar surface area (TPSA) is 176 Å². The molecule has 2 aliphatic heterocycles. The van der Waals surface area contributed by atoms with Crippen molar-refractivity contribution in [3.63, 3.8) is 0 Å². The second kappa shape index (κ2) is 13.1. The predicted octanol–water partition coefficient (Wildman–Crippen LogP) is 5.17. The Hall–Kier alpha value is -5.03. The van der Waals surface area contributed by atoms with Gasteiger partial charge in [-0.15, -0.1) is 0 Å². The molecule has 0 bridgehead atoms. The number of ether oxygens (including phenoxy) is 4. The number of hydrogen-bond acceptors (Lipinski definition) is 11. The van der Waals surface area contributed by atoms with Gasteiger partial charge in [-0.2, -0.15) is 5.26 Å². The minimum absolute atomic E-state index is 0.0556. The van der Waals surface area contributed by atoms with E-state index in [1.807, 2.05) is 19.2 Å². The Morgan fingerprint density at radius 2 is 1.92 bits per heavy atom. The third kappa shape index (κ3) is 6.94. The largest absolute Gasteiger partial charge is 0.458 e. The van der Waals surface area contributed by atoms with Gasteiger partial charge < -0.3 is 28.8 Å². The molecule has 258 valence electrons. The molecule has 0 saturated carbocycles. The average Bonchev–Trinajstić information content (AvgIpc) is 3.36. The van der Waals surface area contributed by atoms with Gasteiger partial charge in [-0.3, -0.25) is 14.4 Å². The van der Waals surface area contributed by atoms with E-state index in [1.54, 1.807) is 56.5 Å². The van der Waals surface area contributed by atoms with Crippen molar-refractivity contribution in [1.82, 2.24) is 14.9 Å². The number of unbranched alkanes of at least 4 members (excludes halogenated alkanes) is 1. The summed E-state index contributed by atoms with van der Waals surface area (Å²) in [6, 6.07) is 11.4. The van der Waals surface area contributed by atoms with Crippen LogP contribution in [0, 0.1) is 11.3 Å². The summed E-state index contributed by atoms with van der Waals surface area (Å²) in [4.78, 5) is 70.6. The normalized spacial score (nSPS) is 18.0. The van der Waals surface area contributed by atoms with Crippen molar-refractivity contribution < 1.29 is 38.1 Å². The number of cyclic esters (lactones) is 1. The highest BCUT2D eigenvalue weighted by Gasteiger charge is 2.56. The van der Waals surface area contributed by atoms with Crippen molar-refractivity contribution in [1.29, 1.82) is 5.26 Å². The highest BCUT2D eigenvalue weighted by atomic mass is 28.3. The first kappa shape index (κ1) is 35.3. The number of nitriles is 1. The molecule has 5 rings (SSSR count). The zero-order chi connectivity index (χ0) is 35.9. The summed E-state index contributed by atoms with van der Waals surface area (Å²) < 4.78 is 24.1. The first-order chi connectivity index (χ1) is 23.0. The van der Waals surface area contributed by atoms with Gasteiger partial charge in [0, 0.05) is 29.9 Å². The van der Waals surface area contributed by atoms with E-state index in [2.05, 4.69) is 11.4 Å². The summed E-state index contributed by atoms with van der Waals surface area (Å²) in [7, 11) is -2.58. The van der Waals surface area contributed by atoms with Crippen LogP contribution in [0.4, 0.5) is 4.79 Å². The van der Waals surface area contributed by atoms with Crippen LogP contribution in [0.15, 0.2) is 35.1 Å². The van der Waals surface area contributed by atoms with E-state index in [0.29, 0.717) is 46.9 Å². The molecule has 0 radical (unpaired) electrons. The molecule has 0 saturated heterocycles. The number of rotatable bonds is 9. The second-order valence-electron chi connectivity index (χ2n) is 14.0. The van der Waals surface area contributed by atoms with Crippen molar-refractivity contribution in [3.05, 3.63) is 57.4 Å². The number of carbonyl (C=O) groups is 4. The van der Waals surface area contributed by atoms with Crippen LogP contribution >= 0.6 is 0 Å². The molecule has 1 aromatic carbocycles. The lowest BCUT2D eigenvalue weighted by atomic mass is 9.85. The number of nitrogens with one attached hydrogen (secondary N) is 1. The number of nitrogens with zero attached hydrogens (tertiary/aromatic N) is 3. The van der Waals surface area contributed by atoms with E-state index in [9.17, 15) is 24.0 Å². The minimum atomic E-state index is -2.58. The molecular formula is C35H40N4O9Si. The first-order valence-corrected chi connectivity index (χ1v) is 19.5. The van der Waals surface area contributed by atoms with Crippen molar-refractivity contribution in [2.45, 2.75) is 96.5 Å². The smallest absolute Gasteiger partial charge is 0.408 e. The van der Waals surface area contributed by atoms with Gasteiger partial charge in [0.2, 0.25) is 5.60 Å².